The van der Waals surface area contributed by atoms with E-state index in [1.807, 2.05) is 41.2 Å². The van der Waals surface area contributed by atoms with Crippen molar-refractivity contribution in [3.63, 3.8) is 0 Å². The van der Waals surface area contributed by atoms with E-state index in [1.165, 1.54) is 16.7 Å². The zero-order valence-corrected chi connectivity index (χ0v) is 22.0. The van der Waals surface area contributed by atoms with Crippen LogP contribution in [0.5, 0.6) is 5.75 Å². The van der Waals surface area contributed by atoms with Gasteiger partial charge in [0, 0.05) is 51.5 Å². The molecular formula is C29H37N5O3. The smallest absolute Gasteiger partial charge is 0.250 e. The number of fused-ring (bicyclic) bond motifs is 1. The largest absolute Gasteiger partial charge is 0.492 e. The second-order valence-corrected chi connectivity index (χ2v) is 10.0. The predicted octanol–water partition coefficient (Wildman–Crippen LogP) is 3.37. The summed E-state index contributed by atoms with van der Waals surface area (Å²) in [5.41, 5.74) is 8.26. The Balaban J connectivity index is 1.12. The lowest BCUT2D eigenvalue weighted by molar-refractivity contribution is -0.136. The first-order chi connectivity index (χ1) is 17.9. The Kier molecular flexibility index (Phi) is 7.37. The molecule has 0 bridgehead atoms. The van der Waals surface area contributed by atoms with E-state index in [4.69, 9.17) is 4.74 Å². The number of nitrogens with zero attached hydrogens (tertiary/aromatic N) is 4. The highest BCUT2D eigenvalue weighted by atomic mass is 16.5. The number of anilines is 1. The number of hydrazine groups is 1. The number of hydrogen-bond acceptors (Lipinski definition) is 6. The van der Waals surface area contributed by atoms with Crippen molar-refractivity contribution in [3.05, 3.63) is 71.6 Å². The topological polar surface area (TPSA) is 68.4 Å². The molecule has 3 aliphatic rings. The van der Waals surface area contributed by atoms with Gasteiger partial charge >= 0.3 is 0 Å². The lowest BCUT2D eigenvalue weighted by Crippen LogP contribution is -2.50. The predicted molar refractivity (Wildman–Crippen MR) is 144 cm³/mol. The molecule has 37 heavy (non-hydrogen) atoms. The van der Waals surface area contributed by atoms with Gasteiger partial charge in [0.15, 0.2) is 0 Å². The Bertz CT molecular complexity index is 1170. The molecule has 3 heterocycles. The van der Waals surface area contributed by atoms with Crippen LogP contribution >= 0.6 is 0 Å². The fourth-order valence-electron chi connectivity index (χ4n) is 5.39. The number of hydrogen-bond donors (Lipinski definition) is 1. The lowest BCUT2D eigenvalue weighted by Gasteiger charge is -2.37. The maximum absolute atomic E-state index is 13.2. The second kappa shape index (κ2) is 10.8. The molecule has 0 aliphatic carbocycles. The van der Waals surface area contributed by atoms with Crippen LogP contribution in [-0.4, -0.2) is 72.0 Å². The molecule has 1 N–H and O–H groups in total. The zero-order valence-electron chi connectivity index (χ0n) is 22.0. The molecule has 0 radical (unpaired) electrons. The highest BCUT2D eigenvalue weighted by molar-refractivity contribution is 5.85. The van der Waals surface area contributed by atoms with Crippen molar-refractivity contribution in [3.8, 4) is 5.75 Å². The number of rotatable bonds is 7. The molecule has 2 aromatic rings. The molecule has 0 aromatic heterocycles. The van der Waals surface area contributed by atoms with Crippen LogP contribution in [0.4, 0.5) is 5.69 Å². The molecule has 0 saturated carbocycles. The first-order valence-electron chi connectivity index (χ1n) is 13.3. The highest BCUT2D eigenvalue weighted by Gasteiger charge is 2.40. The van der Waals surface area contributed by atoms with Gasteiger partial charge in [-0.1, -0.05) is 30.3 Å². The summed E-state index contributed by atoms with van der Waals surface area (Å²) in [5, 5.41) is 1.92. The molecule has 8 nitrogen and oxygen atoms in total. The number of amides is 2. The van der Waals surface area contributed by atoms with Gasteiger partial charge in [-0.15, -0.1) is 0 Å². The number of nitrogens with one attached hydrogen (secondary N) is 1. The third-order valence-electron chi connectivity index (χ3n) is 7.71. The summed E-state index contributed by atoms with van der Waals surface area (Å²) in [7, 11) is 0. The first-order valence-corrected chi connectivity index (χ1v) is 13.3. The Labute approximate surface area is 219 Å². The summed E-state index contributed by atoms with van der Waals surface area (Å²) >= 11 is 0. The minimum atomic E-state index is -0.249. The quantitative estimate of drug-likeness (QED) is 0.625. The Hall–Kier alpha value is -3.52. The van der Waals surface area contributed by atoms with Crippen LogP contribution < -0.4 is 15.1 Å². The summed E-state index contributed by atoms with van der Waals surface area (Å²) in [6.45, 7) is 10.1. The minimum absolute atomic E-state index is 0.0477. The standard InChI is InChI=1S/C29H37N5O3/c1-4-37-27-8-6-5-7-25(27)31-13-15-32(16-14-31)28(35)11-12-33-17-18-34-26(29(33)36)20-24(30-34)23-10-9-21(2)22(3)19-23/h5-10,17-19,24,26,30H,4,11-16,20H2,1-3H3. The van der Waals surface area contributed by atoms with Gasteiger partial charge in [0.25, 0.3) is 5.91 Å². The molecule has 2 atom stereocenters. The molecule has 2 saturated heterocycles. The lowest BCUT2D eigenvalue weighted by atomic mass is 9.97. The number of aryl methyl sites for hydroxylation is 2. The van der Waals surface area contributed by atoms with Crippen LogP contribution in [0, 0.1) is 13.8 Å². The van der Waals surface area contributed by atoms with Crippen molar-refractivity contribution in [2.24, 2.45) is 0 Å². The molecule has 0 spiro atoms. The van der Waals surface area contributed by atoms with Gasteiger partial charge in [0.05, 0.1) is 18.3 Å². The van der Waals surface area contributed by atoms with E-state index in [2.05, 4.69) is 48.4 Å². The third-order valence-corrected chi connectivity index (χ3v) is 7.71. The Morgan fingerprint density at radius 3 is 2.57 bits per heavy atom. The van der Waals surface area contributed by atoms with Gasteiger partial charge in [0.1, 0.15) is 11.8 Å². The van der Waals surface area contributed by atoms with Gasteiger partial charge < -0.3 is 24.4 Å². The molecule has 2 aromatic carbocycles. The van der Waals surface area contributed by atoms with Gasteiger partial charge in [-0.25, -0.2) is 5.43 Å². The number of para-hydroxylation sites is 2. The number of ether oxygens (including phenoxy) is 1. The van der Waals surface area contributed by atoms with Crippen molar-refractivity contribution in [2.45, 2.75) is 45.7 Å². The fraction of sp³-hybridized carbons (Fsp3) is 0.448. The van der Waals surface area contributed by atoms with Crippen LogP contribution in [0.1, 0.15) is 42.5 Å². The van der Waals surface area contributed by atoms with E-state index >= 15 is 0 Å². The normalized spacial score (nSPS) is 21.4. The fourth-order valence-corrected chi connectivity index (χ4v) is 5.39. The van der Waals surface area contributed by atoms with Crippen LogP contribution in [0.15, 0.2) is 54.9 Å². The van der Waals surface area contributed by atoms with E-state index in [0.717, 1.165) is 24.5 Å². The minimum Gasteiger partial charge on any atom is -0.492 e. The van der Waals surface area contributed by atoms with Gasteiger partial charge in [-0.2, -0.15) is 0 Å². The molecule has 2 amide bonds. The second-order valence-electron chi connectivity index (χ2n) is 10.0. The maximum atomic E-state index is 13.2. The van der Waals surface area contributed by atoms with Crippen molar-refractivity contribution >= 4 is 17.5 Å². The Morgan fingerprint density at radius 1 is 1.03 bits per heavy atom. The number of piperazine rings is 1. The van der Waals surface area contributed by atoms with E-state index < -0.39 is 0 Å². The Morgan fingerprint density at radius 2 is 1.81 bits per heavy atom. The van der Waals surface area contributed by atoms with Crippen LogP contribution in [-0.2, 0) is 9.59 Å². The van der Waals surface area contributed by atoms with Crippen molar-refractivity contribution in [2.75, 3.05) is 44.2 Å². The molecule has 2 fully saturated rings. The maximum Gasteiger partial charge on any atom is 0.250 e. The summed E-state index contributed by atoms with van der Waals surface area (Å²) in [4.78, 5) is 32.1. The van der Waals surface area contributed by atoms with E-state index in [-0.39, 0.29) is 23.9 Å². The average molecular weight is 504 g/mol. The molecule has 8 heteroatoms. The van der Waals surface area contributed by atoms with Crippen LogP contribution in [0.2, 0.25) is 0 Å². The summed E-state index contributed by atoms with van der Waals surface area (Å²) in [5.74, 6) is 1.03. The number of carbonyl (C=O) groups is 2. The average Bonchev–Trinajstić information content (AvgIpc) is 3.36. The highest BCUT2D eigenvalue weighted by Crippen LogP contribution is 2.32. The van der Waals surface area contributed by atoms with Crippen molar-refractivity contribution < 1.29 is 14.3 Å². The molecule has 196 valence electrons. The summed E-state index contributed by atoms with van der Waals surface area (Å²) in [6.07, 6.45) is 4.75. The van der Waals surface area contributed by atoms with Crippen molar-refractivity contribution in [1.29, 1.82) is 0 Å². The molecule has 3 aliphatic heterocycles. The third kappa shape index (κ3) is 5.30. The SMILES string of the molecule is CCOc1ccccc1N1CCN(C(=O)CCN2C=CN3NC(c4ccc(C)c(C)c4)CC3C2=O)CC1. The van der Waals surface area contributed by atoms with Crippen molar-refractivity contribution in [1.82, 2.24) is 20.2 Å². The molecule has 5 rings (SSSR count). The molecular weight excluding hydrogens is 466 g/mol. The van der Waals surface area contributed by atoms with E-state index in [1.54, 1.807) is 11.1 Å². The van der Waals surface area contributed by atoms with Gasteiger partial charge in [-0.3, -0.25) is 9.59 Å². The zero-order chi connectivity index (χ0) is 25.9. The van der Waals surface area contributed by atoms with Gasteiger partial charge in [-0.05, 0) is 56.0 Å². The van der Waals surface area contributed by atoms with Crippen LogP contribution in [0.25, 0.3) is 0 Å². The van der Waals surface area contributed by atoms with E-state index in [9.17, 15) is 9.59 Å². The van der Waals surface area contributed by atoms with Gasteiger partial charge in [0.2, 0.25) is 5.91 Å². The summed E-state index contributed by atoms with van der Waals surface area (Å²) < 4.78 is 5.78. The van der Waals surface area contributed by atoms with Crippen LogP contribution in [0.3, 0.4) is 0 Å². The first kappa shape index (κ1) is 25.1. The number of carbonyl (C=O) groups excluding carboxylic acids is 2. The monoisotopic (exact) mass is 503 g/mol. The summed E-state index contributed by atoms with van der Waals surface area (Å²) in [6, 6.07) is 14.4. The molecule has 2 unspecified atom stereocenters. The number of benzene rings is 2. The van der Waals surface area contributed by atoms with E-state index in [0.29, 0.717) is 39.1 Å².